The number of piperidine rings is 1. The molecule has 9 nitrogen and oxygen atoms in total. The summed E-state index contributed by atoms with van der Waals surface area (Å²) in [6.07, 6.45) is 3.02. The first-order valence-electron chi connectivity index (χ1n) is 7.43. The van der Waals surface area contributed by atoms with E-state index in [1.54, 1.807) is 0 Å². The fourth-order valence-corrected chi connectivity index (χ4v) is 3.35. The fourth-order valence-electron chi connectivity index (χ4n) is 2.47. The molecule has 1 N–H and O–H groups in total. The zero-order valence-electron chi connectivity index (χ0n) is 13.3. The van der Waals surface area contributed by atoms with Gasteiger partial charge >= 0.3 is 0 Å². The standard InChI is InChI=1S/C13H22N4O5S/c1-21-9-11(18)14-6-3-12-15-13(16-22-12)10-4-7-17(8-5-10)23(2,19)20/h10H,3-9H2,1-2H3,(H,14,18). The zero-order valence-corrected chi connectivity index (χ0v) is 14.1. The first kappa shape index (κ1) is 17.8. The quantitative estimate of drug-likeness (QED) is 0.708. The van der Waals surface area contributed by atoms with Gasteiger partial charge in [0.2, 0.25) is 21.8 Å². The topological polar surface area (TPSA) is 115 Å². The molecule has 23 heavy (non-hydrogen) atoms. The molecule has 10 heteroatoms. The van der Waals surface area contributed by atoms with E-state index >= 15 is 0 Å². The molecule has 0 saturated carbocycles. The average Bonchev–Trinajstić information content (AvgIpc) is 2.96. The summed E-state index contributed by atoms with van der Waals surface area (Å²) < 4.78 is 34.3. The number of carbonyl (C=O) groups is 1. The van der Waals surface area contributed by atoms with Gasteiger partial charge < -0.3 is 14.6 Å². The Morgan fingerprint density at radius 1 is 1.43 bits per heavy atom. The molecule has 1 fully saturated rings. The molecular weight excluding hydrogens is 324 g/mol. The lowest BCUT2D eigenvalue weighted by Gasteiger charge is -2.28. The Morgan fingerprint density at radius 3 is 2.74 bits per heavy atom. The molecule has 1 aromatic heterocycles. The summed E-state index contributed by atoms with van der Waals surface area (Å²) in [5.41, 5.74) is 0. The molecule has 1 aliphatic rings. The summed E-state index contributed by atoms with van der Waals surface area (Å²) in [5, 5.41) is 6.65. The first-order valence-corrected chi connectivity index (χ1v) is 9.28. The van der Waals surface area contributed by atoms with E-state index in [0.717, 1.165) is 0 Å². The van der Waals surface area contributed by atoms with Crippen LogP contribution in [0.15, 0.2) is 4.52 Å². The Bertz CT molecular complexity index is 622. The molecule has 1 amide bonds. The van der Waals surface area contributed by atoms with Gasteiger partial charge in [0, 0.05) is 39.1 Å². The Morgan fingerprint density at radius 2 is 2.13 bits per heavy atom. The van der Waals surface area contributed by atoms with Crippen LogP contribution in [0.1, 0.15) is 30.5 Å². The second-order valence-corrected chi connectivity index (χ2v) is 7.50. The van der Waals surface area contributed by atoms with Gasteiger partial charge in [-0.3, -0.25) is 4.79 Å². The van der Waals surface area contributed by atoms with Gasteiger partial charge in [-0.15, -0.1) is 0 Å². The molecule has 2 heterocycles. The van der Waals surface area contributed by atoms with Gasteiger partial charge in [0.15, 0.2) is 5.82 Å². The number of amides is 1. The third kappa shape index (κ3) is 5.26. The molecule has 0 unspecified atom stereocenters. The van der Waals surface area contributed by atoms with Crippen molar-refractivity contribution in [3.8, 4) is 0 Å². The number of rotatable bonds is 7. The van der Waals surface area contributed by atoms with E-state index in [2.05, 4.69) is 15.5 Å². The molecule has 0 bridgehead atoms. The number of carbonyl (C=O) groups excluding carboxylic acids is 1. The number of aromatic nitrogens is 2. The average molecular weight is 346 g/mol. The van der Waals surface area contributed by atoms with Crippen LogP contribution in [0.2, 0.25) is 0 Å². The molecule has 2 rings (SSSR count). The van der Waals surface area contributed by atoms with E-state index in [0.29, 0.717) is 50.6 Å². The molecule has 0 aromatic carbocycles. The molecule has 0 radical (unpaired) electrons. The molecule has 1 aromatic rings. The monoisotopic (exact) mass is 346 g/mol. The van der Waals surface area contributed by atoms with Crippen molar-refractivity contribution in [2.45, 2.75) is 25.2 Å². The van der Waals surface area contributed by atoms with Gasteiger partial charge in [0.05, 0.1) is 6.26 Å². The van der Waals surface area contributed by atoms with Gasteiger partial charge in [-0.2, -0.15) is 4.98 Å². The van der Waals surface area contributed by atoms with Crippen molar-refractivity contribution >= 4 is 15.9 Å². The van der Waals surface area contributed by atoms with Crippen LogP contribution in [0.5, 0.6) is 0 Å². The molecule has 0 spiro atoms. The van der Waals surface area contributed by atoms with Crippen LogP contribution in [0.25, 0.3) is 0 Å². The van der Waals surface area contributed by atoms with E-state index < -0.39 is 10.0 Å². The van der Waals surface area contributed by atoms with E-state index in [4.69, 9.17) is 9.26 Å². The molecule has 1 aliphatic heterocycles. The van der Waals surface area contributed by atoms with Crippen molar-refractivity contribution in [1.82, 2.24) is 19.8 Å². The van der Waals surface area contributed by atoms with Crippen molar-refractivity contribution < 1.29 is 22.5 Å². The Labute approximate surface area is 135 Å². The highest BCUT2D eigenvalue weighted by Gasteiger charge is 2.28. The van der Waals surface area contributed by atoms with Crippen molar-refractivity contribution in [2.75, 3.05) is 39.6 Å². The maximum Gasteiger partial charge on any atom is 0.245 e. The predicted octanol–water partition coefficient (Wildman–Crippen LogP) is -0.486. The number of nitrogens with zero attached hydrogens (tertiary/aromatic N) is 3. The van der Waals surface area contributed by atoms with Crippen molar-refractivity contribution in [1.29, 1.82) is 0 Å². The zero-order chi connectivity index (χ0) is 16.9. The second kappa shape index (κ2) is 7.84. The molecular formula is C13H22N4O5S. The Kier molecular flexibility index (Phi) is 6.08. The van der Waals surface area contributed by atoms with Crippen LogP contribution in [-0.2, 0) is 26.0 Å². The number of sulfonamides is 1. The molecule has 130 valence electrons. The summed E-state index contributed by atoms with van der Waals surface area (Å²) in [7, 11) is -1.68. The van der Waals surface area contributed by atoms with Gasteiger partial charge in [0.1, 0.15) is 6.61 Å². The van der Waals surface area contributed by atoms with Crippen molar-refractivity contribution in [3.05, 3.63) is 11.7 Å². The van der Waals surface area contributed by atoms with Crippen molar-refractivity contribution in [3.63, 3.8) is 0 Å². The number of ether oxygens (including phenoxy) is 1. The van der Waals surface area contributed by atoms with E-state index in [1.165, 1.54) is 17.7 Å². The number of hydrogen-bond donors (Lipinski definition) is 1. The van der Waals surface area contributed by atoms with Crippen molar-refractivity contribution in [2.24, 2.45) is 0 Å². The summed E-state index contributed by atoms with van der Waals surface area (Å²) in [4.78, 5) is 15.6. The first-order chi connectivity index (χ1) is 10.9. The molecule has 0 aliphatic carbocycles. The summed E-state index contributed by atoms with van der Waals surface area (Å²) in [6, 6.07) is 0. The summed E-state index contributed by atoms with van der Waals surface area (Å²) in [6.45, 7) is 1.37. The van der Waals surface area contributed by atoms with Crippen LogP contribution in [-0.4, -0.2) is 68.4 Å². The van der Waals surface area contributed by atoms with Crippen LogP contribution in [0, 0.1) is 0 Å². The minimum absolute atomic E-state index is 0.0218. The highest BCUT2D eigenvalue weighted by atomic mass is 32.2. The highest BCUT2D eigenvalue weighted by molar-refractivity contribution is 7.88. The van der Waals surface area contributed by atoms with Crippen LogP contribution < -0.4 is 5.32 Å². The lowest BCUT2D eigenvalue weighted by molar-refractivity contribution is -0.124. The smallest absolute Gasteiger partial charge is 0.245 e. The lowest BCUT2D eigenvalue weighted by Crippen LogP contribution is -2.37. The van der Waals surface area contributed by atoms with Gasteiger partial charge in [0.25, 0.3) is 0 Å². The number of hydrogen-bond acceptors (Lipinski definition) is 7. The van der Waals surface area contributed by atoms with E-state index in [1.807, 2.05) is 0 Å². The number of methoxy groups -OCH3 is 1. The lowest BCUT2D eigenvalue weighted by atomic mass is 9.97. The number of nitrogens with one attached hydrogen (secondary N) is 1. The van der Waals surface area contributed by atoms with Crippen LogP contribution >= 0.6 is 0 Å². The maximum atomic E-state index is 11.5. The van der Waals surface area contributed by atoms with E-state index in [9.17, 15) is 13.2 Å². The SMILES string of the molecule is COCC(=O)NCCc1nc(C2CCN(S(C)(=O)=O)CC2)no1. The van der Waals surface area contributed by atoms with Crippen LogP contribution in [0.4, 0.5) is 0 Å². The van der Waals surface area contributed by atoms with Gasteiger partial charge in [-0.25, -0.2) is 12.7 Å². The molecule has 1 saturated heterocycles. The highest BCUT2D eigenvalue weighted by Crippen LogP contribution is 2.26. The van der Waals surface area contributed by atoms with Gasteiger partial charge in [-0.05, 0) is 12.8 Å². The Balaban J connectivity index is 1.80. The fraction of sp³-hybridized carbons (Fsp3) is 0.769. The van der Waals surface area contributed by atoms with E-state index in [-0.39, 0.29) is 18.4 Å². The van der Waals surface area contributed by atoms with Crippen LogP contribution in [0.3, 0.4) is 0 Å². The summed E-state index contributed by atoms with van der Waals surface area (Å²) >= 11 is 0. The third-order valence-electron chi connectivity index (χ3n) is 3.71. The minimum Gasteiger partial charge on any atom is -0.375 e. The second-order valence-electron chi connectivity index (χ2n) is 5.52. The van der Waals surface area contributed by atoms with Gasteiger partial charge in [-0.1, -0.05) is 5.16 Å². The molecule has 0 atom stereocenters. The minimum atomic E-state index is -3.13. The Hall–Kier alpha value is -1.52. The third-order valence-corrected chi connectivity index (χ3v) is 5.01. The summed E-state index contributed by atoms with van der Waals surface area (Å²) in [5.74, 6) is 0.980. The normalized spacial score (nSPS) is 17.3. The largest absolute Gasteiger partial charge is 0.375 e. The maximum absolute atomic E-state index is 11.5. The predicted molar refractivity (Wildman–Crippen MR) is 81.3 cm³/mol.